The van der Waals surface area contributed by atoms with Gasteiger partial charge in [0.05, 0.1) is 0 Å². The van der Waals surface area contributed by atoms with Crippen molar-refractivity contribution in [2.24, 2.45) is 16.8 Å². The molecule has 1 rings (SSSR count). The Balaban J connectivity index is 3.19. The second-order valence-corrected chi connectivity index (χ2v) is 5.32. The number of nitrogens with two attached hydrogens (primary N) is 1. The predicted molar refractivity (Wildman–Crippen MR) is 76.6 cm³/mol. The van der Waals surface area contributed by atoms with Crippen LogP contribution in [0.25, 0.3) is 0 Å². The third-order valence-corrected chi connectivity index (χ3v) is 2.65. The fourth-order valence-electron chi connectivity index (χ4n) is 1.78. The summed E-state index contributed by atoms with van der Waals surface area (Å²) in [7, 11) is 0. The van der Waals surface area contributed by atoms with Gasteiger partial charge in [0.15, 0.2) is 5.84 Å². The molecule has 0 saturated carbocycles. The van der Waals surface area contributed by atoms with Gasteiger partial charge in [-0.15, -0.1) is 0 Å². The molecule has 0 aliphatic rings. The summed E-state index contributed by atoms with van der Waals surface area (Å²) in [6.07, 6.45) is 0. The zero-order valence-electron chi connectivity index (χ0n) is 12.3. The van der Waals surface area contributed by atoms with Crippen LogP contribution in [0.1, 0.15) is 39.1 Å². The topological polar surface area (TPSA) is 87.6 Å². The molecular formula is C13H23N5O. The third kappa shape index (κ3) is 4.08. The van der Waals surface area contributed by atoms with E-state index < -0.39 is 0 Å². The van der Waals surface area contributed by atoms with Crippen LogP contribution in [0.4, 0.5) is 5.95 Å². The number of amidine groups is 1. The molecule has 1 aromatic heterocycles. The van der Waals surface area contributed by atoms with E-state index in [9.17, 15) is 0 Å². The molecule has 1 heterocycles. The van der Waals surface area contributed by atoms with Crippen LogP contribution in [-0.4, -0.2) is 33.6 Å². The standard InChI is InChI=1S/C13H23N5O/c1-8(2)7-18(9(3)4)13-15-10(5)6-11(16-13)12(14)17-19/h6,8-9,19H,7H2,1-5H3,(H2,14,17). The average molecular weight is 265 g/mol. The SMILES string of the molecule is Cc1cc(/C(N)=N/O)nc(N(CC(C)C)C(C)C)n1. The van der Waals surface area contributed by atoms with E-state index in [1.54, 1.807) is 6.07 Å². The number of rotatable bonds is 5. The fourth-order valence-corrected chi connectivity index (χ4v) is 1.78. The number of aromatic nitrogens is 2. The minimum Gasteiger partial charge on any atom is -0.409 e. The number of oxime groups is 1. The molecule has 0 aliphatic heterocycles. The molecule has 0 radical (unpaired) electrons. The maximum atomic E-state index is 8.75. The lowest BCUT2D eigenvalue weighted by Gasteiger charge is -2.28. The van der Waals surface area contributed by atoms with Crippen molar-refractivity contribution in [1.82, 2.24) is 9.97 Å². The van der Waals surface area contributed by atoms with E-state index in [1.165, 1.54) is 0 Å². The summed E-state index contributed by atoms with van der Waals surface area (Å²) in [5.41, 5.74) is 6.84. The second kappa shape index (κ2) is 6.36. The van der Waals surface area contributed by atoms with Crippen LogP contribution in [0.3, 0.4) is 0 Å². The van der Waals surface area contributed by atoms with Crippen molar-refractivity contribution in [1.29, 1.82) is 0 Å². The molecule has 0 unspecified atom stereocenters. The summed E-state index contributed by atoms with van der Waals surface area (Å²) in [6.45, 7) is 11.2. The third-order valence-electron chi connectivity index (χ3n) is 2.65. The summed E-state index contributed by atoms with van der Waals surface area (Å²) in [5, 5.41) is 11.7. The number of hydrogen-bond donors (Lipinski definition) is 2. The highest BCUT2D eigenvalue weighted by molar-refractivity contribution is 5.95. The van der Waals surface area contributed by atoms with Crippen molar-refractivity contribution in [3.8, 4) is 0 Å². The summed E-state index contributed by atoms with van der Waals surface area (Å²) in [5.74, 6) is 1.11. The molecule has 6 nitrogen and oxygen atoms in total. The van der Waals surface area contributed by atoms with Crippen LogP contribution in [0.5, 0.6) is 0 Å². The maximum Gasteiger partial charge on any atom is 0.226 e. The van der Waals surface area contributed by atoms with Crippen molar-refractivity contribution in [3.63, 3.8) is 0 Å². The van der Waals surface area contributed by atoms with E-state index in [4.69, 9.17) is 10.9 Å². The van der Waals surface area contributed by atoms with Gasteiger partial charge >= 0.3 is 0 Å². The van der Waals surface area contributed by atoms with Crippen LogP contribution in [0.15, 0.2) is 11.2 Å². The van der Waals surface area contributed by atoms with Gasteiger partial charge in [0.1, 0.15) is 5.69 Å². The van der Waals surface area contributed by atoms with Gasteiger partial charge in [-0.2, -0.15) is 0 Å². The molecule has 0 fully saturated rings. The van der Waals surface area contributed by atoms with Gasteiger partial charge in [0.25, 0.3) is 0 Å². The summed E-state index contributed by atoms with van der Waals surface area (Å²) in [6, 6.07) is 1.98. The Bertz CT molecular complexity index is 456. The van der Waals surface area contributed by atoms with E-state index in [-0.39, 0.29) is 11.9 Å². The maximum absolute atomic E-state index is 8.75. The Kier molecular flexibility index (Phi) is 5.09. The molecule has 106 valence electrons. The van der Waals surface area contributed by atoms with E-state index in [0.29, 0.717) is 17.6 Å². The first-order valence-corrected chi connectivity index (χ1v) is 6.45. The average Bonchev–Trinajstić information content (AvgIpc) is 2.33. The number of hydrogen-bond acceptors (Lipinski definition) is 5. The van der Waals surface area contributed by atoms with Gasteiger partial charge in [-0.3, -0.25) is 0 Å². The highest BCUT2D eigenvalue weighted by Crippen LogP contribution is 2.15. The van der Waals surface area contributed by atoms with Crippen molar-refractivity contribution in [2.45, 2.75) is 40.7 Å². The lowest BCUT2D eigenvalue weighted by molar-refractivity contribution is 0.318. The zero-order valence-corrected chi connectivity index (χ0v) is 12.3. The van der Waals surface area contributed by atoms with Crippen molar-refractivity contribution >= 4 is 11.8 Å². The lowest BCUT2D eigenvalue weighted by Crippen LogP contribution is -2.36. The monoisotopic (exact) mass is 265 g/mol. The number of aryl methyl sites for hydroxylation is 1. The normalized spacial score (nSPS) is 12.3. The van der Waals surface area contributed by atoms with E-state index >= 15 is 0 Å². The largest absolute Gasteiger partial charge is 0.409 e. The Morgan fingerprint density at radius 1 is 1.37 bits per heavy atom. The van der Waals surface area contributed by atoms with E-state index in [1.807, 2.05) is 6.92 Å². The first kappa shape index (κ1) is 15.2. The quantitative estimate of drug-likeness (QED) is 0.366. The Morgan fingerprint density at radius 3 is 2.47 bits per heavy atom. The van der Waals surface area contributed by atoms with Crippen LogP contribution >= 0.6 is 0 Å². The molecule has 0 amide bonds. The van der Waals surface area contributed by atoms with Gasteiger partial charge in [-0.1, -0.05) is 19.0 Å². The predicted octanol–water partition coefficient (Wildman–Crippen LogP) is 1.75. The molecule has 0 bridgehead atoms. The Morgan fingerprint density at radius 2 is 2.00 bits per heavy atom. The Hall–Kier alpha value is -1.85. The summed E-state index contributed by atoms with van der Waals surface area (Å²) >= 11 is 0. The van der Waals surface area contributed by atoms with Gasteiger partial charge in [0.2, 0.25) is 5.95 Å². The van der Waals surface area contributed by atoms with Crippen LogP contribution in [0, 0.1) is 12.8 Å². The summed E-state index contributed by atoms with van der Waals surface area (Å²) in [4.78, 5) is 10.9. The smallest absolute Gasteiger partial charge is 0.226 e. The van der Waals surface area contributed by atoms with Crippen LogP contribution < -0.4 is 10.6 Å². The molecule has 0 saturated heterocycles. The number of nitrogens with zero attached hydrogens (tertiary/aromatic N) is 4. The van der Waals surface area contributed by atoms with Crippen LogP contribution in [-0.2, 0) is 0 Å². The molecule has 0 spiro atoms. The molecule has 6 heteroatoms. The molecule has 3 N–H and O–H groups in total. The van der Waals surface area contributed by atoms with Crippen LogP contribution in [0.2, 0.25) is 0 Å². The minimum atomic E-state index is 0.00000283. The highest BCUT2D eigenvalue weighted by atomic mass is 16.4. The highest BCUT2D eigenvalue weighted by Gasteiger charge is 2.17. The van der Waals surface area contributed by atoms with Gasteiger partial charge < -0.3 is 15.8 Å². The molecule has 0 aliphatic carbocycles. The molecule has 0 aromatic carbocycles. The van der Waals surface area contributed by atoms with Gasteiger partial charge in [-0.05, 0) is 32.8 Å². The molecule has 0 atom stereocenters. The first-order chi connectivity index (χ1) is 8.85. The van der Waals surface area contributed by atoms with Gasteiger partial charge in [-0.25, -0.2) is 9.97 Å². The number of anilines is 1. The molecule has 1 aromatic rings. The van der Waals surface area contributed by atoms with Crippen molar-refractivity contribution < 1.29 is 5.21 Å². The minimum absolute atomic E-state index is 0.00000283. The second-order valence-electron chi connectivity index (χ2n) is 5.32. The summed E-state index contributed by atoms with van der Waals surface area (Å²) < 4.78 is 0. The fraction of sp³-hybridized carbons (Fsp3) is 0.615. The van der Waals surface area contributed by atoms with E-state index in [0.717, 1.165) is 12.2 Å². The first-order valence-electron chi connectivity index (χ1n) is 6.45. The van der Waals surface area contributed by atoms with Crippen molar-refractivity contribution in [2.75, 3.05) is 11.4 Å². The Labute approximate surface area is 114 Å². The van der Waals surface area contributed by atoms with Gasteiger partial charge in [0, 0.05) is 18.3 Å². The van der Waals surface area contributed by atoms with Crippen molar-refractivity contribution in [3.05, 3.63) is 17.5 Å². The van der Waals surface area contributed by atoms with E-state index in [2.05, 4.69) is 47.7 Å². The lowest BCUT2D eigenvalue weighted by atomic mass is 10.2. The molecule has 19 heavy (non-hydrogen) atoms. The zero-order chi connectivity index (χ0) is 14.6. The molecular weight excluding hydrogens is 242 g/mol.